The first-order valence-corrected chi connectivity index (χ1v) is 5.68. The predicted molar refractivity (Wildman–Crippen MR) is 60.1 cm³/mol. The molecule has 6 heteroatoms. The lowest BCUT2D eigenvalue weighted by Crippen LogP contribution is -1.98. The third kappa shape index (κ3) is 3.26. The van der Waals surface area contributed by atoms with E-state index in [-0.39, 0.29) is 5.69 Å². The number of nitrogens with zero attached hydrogens (tertiary/aromatic N) is 1. The van der Waals surface area contributed by atoms with Crippen molar-refractivity contribution in [1.29, 1.82) is 0 Å². The van der Waals surface area contributed by atoms with Crippen LogP contribution in [0.5, 0.6) is 5.75 Å². The minimum Gasteiger partial charge on any atom is -0.492 e. The number of alkyl halides is 1. The van der Waals surface area contributed by atoms with Crippen LogP contribution in [0.25, 0.3) is 0 Å². The molecule has 0 saturated carbocycles. The quantitative estimate of drug-likeness (QED) is 0.485. The summed E-state index contributed by atoms with van der Waals surface area (Å²) in [5, 5.41) is 11.2. The summed E-state index contributed by atoms with van der Waals surface area (Å²) in [6.07, 6.45) is 0. The summed E-state index contributed by atoms with van der Waals surface area (Å²) in [5.74, 6) is 0.491. The van der Waals surface area contributed by atoms with E-state index in [0.29, 0.717) is 22.2 Å². The molecule has 0 aliphatic heterocycles. The van der Waals surface area contributed by atoms with Crippen molar-refractivity contribution >= 4 is 37.5 Å². The number of nitro benzene ring substituents is 1. The number of hydrogen-bond acceptors (Lipinski definition) is 3. The van der Waals surface area contributed by atoms with Gasteiger partial charge in [-0.3, -0.25) is 10.1 Å². The molecule has 0 amide bonds. The second-order valence-corrected chi connectivity index (χ2v) is 4.15. The lowest BCUT2D eigenvalue weighted by molar-refractivity contribution is -0.385. The Labute approximate surface area is 97.7 Å². The molecule has 0 unspecified atom stereocenters. The van der Waals surface area contributed by atoms with Crippen molar-refractivity contribution in [3.8, 4) is 5.75 Å². The van der Waals surface area contributed by atoms with E-state index in [0.717, 1.165) is 0 Å². The molecule has 1 rings (SSSR count). The van der Waals surface area contributed by atoms with E-state index in [9.17, 15) is 10.1 Å². The highest BCUT2D eigenvalue weighted by atomic mass is 79.9. The van der Waals surface area contributed by atoms with Gasteiger partial charge < -0.3 is 4.74 Å². The van der Waals surface area contributed by atoms with Crippen LogP contribution in [0.4, 0.5) is 5.69 Å². The van der Waals surface area contributed by atoms with Crippen LogP contribution in [-0.2, 0) is 0 Å². The van der Waals surface area contributed by atoms with Crippen LogP contribution in [0.2, 0.25) is 0 Å². The summed E-state index contributed by atoms with van der Waals surface area (Å²) >= 11 is 6.38. The zero-order valence-electron chi connectivity index (χ0n) is 7.07. The molecule has 0 heterocycles. The van der Waals surface area contributed by atoms with Gasteiger partial charge in [0.05, 0.1) is 17.6 Å². The summed E-state index contributed by atoms with van der Waals surface area (Å²) in [4.78, 5) is 10.0. The number of hydrogen-bond donors (Lipinski definition) is 0. The highest BCUT2D eigenvalue weighted by molar-refractivity contribution is 9.10. The van der Waals surface area contributed by atoms with Crippen LogP contribution in [0.1, 0.15) is 0 Å². The van der Waals surface area contributed by atoms with Gasteiger partial charge in [-0.2, -0.15) is 0 Å². The highest BCUT2D eigenvalue weighted by Crippen LogP contribution is 2.26. The van der Waals surface area contributed by atoms with Crippen LogP contribution in [0, 0.1) is 10.1 Å². The van der Waals surface area contributed by atoms with Crippen molar-refractivity contribution in [1.82, 2.24) is 0 Å². The van der Waals surface area contributed by atoms with E-state index in [1.165, 1.54) is 12.1 Å². The molecule has 0 bridgehead atoms. The Hall–Kier alpha value is -0.620. The summed E-state index contributed by atoms with van der Waals surface area (Å²) < 4.78 is 5.88. The Morgan fingerprint density at radius 3 is 2.71 bits per heavy atom. The van der Waals surface area contributed by atoms with Crippen LogP contribution >= 0.6 is 31.9 Å². The molecular weight excluding hydrogens is 318 g/mol. The van der Waals surface area contributed by atoms with Crippen molar-refractivity contribution < 1.29 is 9.66 Å². The minimum atomic E-state index is -0.453. The molecule has 0 fully saturated rings. The molecule has 4 nitrogen and oxygen atoms in total. The summed E-state index contributed by atoms with van der Waals surface area (Å²) in [5.41, 5.74) is 0.0175. The van der Waals surface area contributed by atoms with Gasteiger partial charge in [-0.25, -0.2) is 0 Å². The van der Waals surface area contributed by atoms with Crippen molar-refractivity contribution in [2.45, 2.75) is 0 Å². The van der Waals surface area contributed by atoms with Gasteiger partial charge in [-0.15, -0.1) is 0 Å². The zero-order valence-corrected chi connectivity index (χ0v) is 10.2. The van der Waals surface area contributed by atoms with Gasteiger partial charge in [-0.05, 0) is 6.07 Å². The predicted octanol–water partition coefficient (Wildman–Crippen LogP) is 3.13. The standard InChI is InChI=1S/C8H7Br2NO3/c9-1-2-14-8-4-6(10)3-7(5-8)11(12)13/h3-5H,1-2H2. The van der Waals surface area contributed by atoms with E-state index in [4.69, 9.17) is 4.74 Å². The average Bonchev–Trinajstić information content (AvgIpc) is 2.14. The van der Waals surface area contributed by atoms with E-state index in [1.54, 1.807) is 6.07 Å². The van der Waals surface area contributed by atoms with Gasteiger partial charge in [0.2, 0.25) is 0 Å². The fraction of sp³-hybridized carbons (Fsp3) is 0.250. The fourth-order valence-electron chi connectivity index (χ4n) is 0.893. The number of nitro groups is 1. The lowest BCUT2D eigenvalue weighted by atomic mass is 10.3. The first-order valence-electron chi connectivity index (χ1n) is 3.77. The summed E-state index contributed by atoms with van der Waals surface area (Å²) in [6, 6.07) is 4.52. The first kappa shape index (κ1) is 11.5. The topological polar surface area (TPSA) is 52.4 Å². The molecule has 0 radical (unpaired) electrons. The van der Waals surface area contributed by atoms with Crippen LogP contribution in [0.15, 0.2) is 22.7 Å². The van der Waals surface area contributed by atoms with Crippen molar-refractivity contribution in [2.75, 3.05) is 11.9 Å². The maximum atomic E-state index is 10.5. The monoisotopic (exact) mass is 323 g/mol. The number of halogens is 2. The minimum absolute atomic E-state index is 0.0175. The SMILES string of the molecule is O=[N+]([O-])c1cc(Br)cc(OCCBr)c1. The highest BCUT2D eigenvalue weighted by Gasteiger charge is 2.08. The Bertz CT molecular complexity index is 343. The lowest BCUT2D eigenvalue weighted by Gasteiger charge is -2.03. The second kappa shape index (κ2) is 5.31. The maximum absolute atomic E-state index is 10.5. The third-order valence-electron chi connectivity index (χ3n) is 1.41. The molecule has 0 spiro atoms. The van der Waals surface area contributed by atoms with Gasteiger partial charge in [0.15, 0.2) is 0 Å². The van der Waals surface area contributed by atoms with E-state index >= 15 is 0 Å². The fourth-order valence-corrected chi connectivity index (χ4v) is 1.52. The van der Waals surface area contributed by atoms with Gasteiger partial charge in [0.1, 0.15) is 5.75 Å². The molecule has 14 heavy (non-hydrogen) atoms. The Morgan fingerprint density at radius 2 is 2.14 bits per heavy atom. The van der Waals surface area contributed by atoms with Gasteiger partial charge in [-0.1, -0.05) is 31.9 Å². The van der Waals surface area contributed by atoms with Crippen molar-refractivity contribution in [3.05, 3.63) is 32.8 Å². The van der Waals surface area contributed by atoms with Crippen LogP contribution < -0.4 is 4.74 Å². The van der Waals surface area contributed by atoms with Gasteiger partial charge in [0, 0.05) is 15.9 Å². The molecule has 0 atom stereocenters. The molecule has 0 aliphatic rings. The first-order chi connectivity index (χ1) is 6.63. The zero-order chi connectivity index (χ0) is 10.6. The normalized spacial score (nSPS) is 9.86. The molecule has 0 aromatic heterocycles. The maximum Gasteiger partial charge on any atom is 0.274 e. The number of rotatable bonds is 4. The van der Waals surface area contributed by atoms with Gasteiger partial charge >= 0.3 is 0 Å². The molecular formula is C8H7Br2NO3. The van der Waals surface area contributed by atoms with Gasteiger partial charge in [0.25, 0.3) is 5.69 Å². The molecule has 0 aliphatic carbocycles. The van der Waals surface area contributed by atoms with Crippen LogP contribution in [0.3, 0.4) is 0 Å². The Kier molecular flexibility index (Phi) is 4.34. The molecule has 1 aromatic rings. The van der Waals surface area contributed by atoms with Crippen LogP contribution in [-0.4, -0.2) is 16.9 Å². The average molecular weight is 325 g/mol. The number of ether oxygens (including phenoxy) is 1. The Balaban J connectivity index is 2.89. The van der Waals surface area contributed by atoms with Crippen molar-refractivity contribution in [3.63, 3.8) is 0 Å². The largest absolute Gasteiger partial charge is 0.492 e. The Morgan fingerprint density at radius 1 is 1.43 bits per heavy atom. The van der Waals surface area contributed by atoms with E-state index < -0.39 is 4.92 Å². The smallest absolute Gasteiger partial charge is 0.274 e. The molecule has 0 N–H and O–H groups in total. The number of benzene rings is 1. The molecule has 0 saturated heterocycles. The molecule has 76 valence electrons. The second-order valence-electron chi connectivity index (χ2n) is 2.44. The van der Waals surface area contributed by atoms with E-state index in [2.05, 4.69) is 31.9 Å². The summed E-state index contributed by atoms with van der Waals surface area (Å²) in [6.45, 7) is 0.480. The third-order valence-corrected chi connectivity index (χ3v) is 2.19. The summed E-state index contributed by atoms with van der Waals surface area (Å²) in [7, 11) is 0. The van der Waals surface area contributed by atoms with Crippen molar-refractivity contribution in [2.24, 2.45) is 0 Å². The molecule has 1 aromatic carbocycles. The number of non-ortho nitro benzene ring substituents is 1. The van der Waals surface area contributed by atoms with E-state index in [1.807, 2.05) is 0 Å².